The van der Waals surface area contributed by atoms with Crippen molar-refractivity contribution in [3.8, 4) is 11.5 Å². The highest BCUT2D eigenvalue weighted by molar-refractivity contribution is 14.1. The normalized spacial score (nSPS) is 14.5. The zero-order chi connectivity index (χ0) is 24.1. The average molecular weight is 600 g/mol. The van der Waals surface area contributed by atoms with Gasteiger partial charge in [-0.2, -0.15) is 0 Å². The summed E-state index contributed by atoms with van der Waals surface area (Å²) in [7, 11) is 1.27. The molecule has 1 aliphatic rings. The van der Waals surface area contributed by atoms with Gasteiger partial charge in [-0.25, -0.2) is 4.79 Å². The second-order valence-corrected chi connectivity index (χ2v) is 9.26. The van der Waals surface area contributed by atoms with Crippen LogP contribution >= 0.6 is 46.6 Å². The molecule has 0 atom stereocenters. The third-order valence-corrected chi connectivity index (χ3v) is 6.41. The van der Waals surface area contributed by atoms with Gasteiger partial charge in [-0.05, 0) is 65.4 Å². The molecule has 172 valence electrons. The number of hydrogen-bond acceptors (Lipinski definition) is 9. The summed E-state index contributed by atoms with van der Waals surface area (Å²) in [6.45, 7) is 1.93. The van der Waals surface area contributed by atoms with E-state index >= 15 is 0 Å². The number of nitro benzene ring substituents is 1. The molecule has 12 heteroatoms. The Hall–Kier alpha value is -2.71. The second kappa shape index (κ2) is 10.9. The molecule has 0 aromatic heterocycles. The molecule has 1 amide bonds. The summed E-state index contributed by atoms with van der Waals surface area (Å²) < 4.78 is 16.8. The third-order valence-electron chi connectivity index (χ3n) is 4.30. The number of anilines is 1. The number of thioether (sulfide) groups is 1. The first-order valence-corrected chi connectivity index (χ1v) is 11.7. The van der Waals surface area contributed by atoms with Crippen molar-refractivity contribution in [2.45, 2.75) is 6.92 Å². The third kappa shape index (κ3) is 5.81. The second-order valence-electron chi connectivity index (χ2n) is 6.42. The average Bonchev–Trinajstić information content (AvgIpc) is 3.05. The fraction of sp³-hybridized carbons (Fsp3) is 0.190. The van der Waals surface area contributed by atoms with Crippen molar-refractivity contribution in [2.75, 3.05) is 25.2 Å². The highest BCUT2D eigenvalue weighted by Gasteiger charge is 2.33. The van der Waals surface area contributed by atoms with Gasteiger partial charge in [0.15, 0.2) is 22.4 Å². The van der Waals surface area contributed by atoms with E-state index in [-0.39, 0.29) is 18.2 Å². The molecule has 9 nitrogen and oxygen atoms in total. The zero-order valence-electron chi connectivity index (χ0n) is 17.4. The summed E-state index contributed by atoms with van der Waals surface area (Å²) in [6, 6.07) is 9.10. The number of nitro groups is 1. The summed E-state index contributed by atoms with van der Waals surface area (Å²) in [6.07, 6.45) is 1.68. The van der Waals surface area contributed by atoms with Gasteiger partial charge < -0.3 is 14.2 Å². The summed E-state index contributed by atoms with van der Waals surface area (Å²) in [4.78, 5) is 36.5. The van der Waals surface area contributed by atoms with E-state index in [1.54, 1.807) is 18.2 Å². The number of hydrogen-bond donors (Lipinski definition) is 0. The Morgan fingerprint density at radius 1 is 1.27 bits per heavy atom. The van der Waals surface area contributed by atoms with E-state index in [0.29, 0.717) is 42.2 Å². The molecule has 2 aromatic carbocycles. The van der Waals surface area contributed by atoms with E-state index in [9.17, 15) is 19.7 Å². The largest absolute Gasteiger partial charge is 0.490 e. The van der Waals surface area contributed by atoms with Gasteiger partial charge in [-0.1, -0.05) is 24.0 Å². The Bertz CT molecular complexity index is 1150. The van der Waals surface area contributed by atoms with Crippen LogP contribution in [-0.4, -0.2) is 41.4 Å². The van der Waals surface area contributed by atoms with Gasteiger partial charge in [0.25, 0.3) is 11.6 Å². The first-order chi connectivity index (χ1) is 15.7. The van der Waals surface area contributed by atoms with Gasteiger partial charge in [-0.3, -0.25) is 19.8 Å². The molecule has 3 rings (SSSR count). The number of carbonyl (C=O) groups excluding carboxylic acids is 2. The number of methoxy groups -OCH3 is 1. The Balaban J connectivity index is 1.89. The fourth-order valence-corrected chi connectivity index (χ4v) is 4.91. The lowest BCUT2D eigenvalue weighted by atomic mass is 10.1. The van der Waals surface area contributed by atoms with Crippen molar-refractivity contribution in [3.63, 3.8) is 0 Å². The molecule has 1 fully saturated rings. The number of nitrogens with zero attached hydrogens (tertiary/aromatic N) is 2. The lowest BCUT2D eigenvalue weighted by molar-refractivity contribution is -0.384. The van der Waals surface area contributed by atoms with Crippen LogP contribution in [0, 0.1) is 13.7 Å². The fourth-order valence-electron chi connectivity index (χ4n) is 2.83. The lowest BCUT2D eigenvalue weighted by Crippen LogP contribution is -2.27. The number of carbonyl (C=O) groups is 2. The Labute approximate surface area is 212 Å². The van der Waals surface area contributed by atoms with Gasteiger partial charge in [0.05, 0.1) is 32.8 Å². The molecule has 33 heavy (non-hydrogen) atoms. The first kappa shape index (κ1) is 24.9. The highest BCUT2D eigenvalue weighted by Crippen LogP contribution is 2.39. The molecule has 0 radical (unpaired) electrons. The highest BCUT2D eigenvalue weighted by atomic mass is 127. The van der Waals surface area contributed by atoms with Crippen LogP contribution in [0.2, 0.25) is 0 Å². The van der Waals surface area contributed by atoms with Gasteiger partial charge in [0.2, 0.25) is 0 Å². The minimum atomic E-state index is -0.521. The lowest BCUT2D eigenvalue weighted by Gasteiger charge is -2.14. The number of halogens is 1. The van der Waals surface area contributed by atoms with Crippen molar-refractivity contribution in [1.29, 1.82) is 0 Å². The van der Waals surface area contributed by atoms with E-state index in [1.807, 2.05) is 6.92 Å². The summed E-state index contributed by atoms with van der Waals surface area (Å²) >= 11 is 8.55. The molecule has 1 aliphatic heterocycles. The van der Waals surface area contributed by atoms with Gasteiger partial charge in [0, 0.05) is 12.1 Å². The Kier molecular flexibility index (Phi) is 8.26. The van der Waals surface area contributed by atoms with E-state index in [0.717, 1.165) is 11.8 Å². The van der Waals surface area contributed by atoms with Crippen molar-refractivity contribution >= 4 is 80.2 Å². The number of thiocarbonyl (C=S) groups is 1. The van der Waals surface area contributed by atoms with E-state index in [4.69, 9.17) is 21.7 Å². The van der Waals surface area contributed by atoms with Crippen molar-refractivity contribution in [3.05, 3.63) is 60.6 Å². The van der Waals surface area contributed by atoms with E-state index in [2.05, 4.69) is 27.3 Å². The Morgan fingerprint density at radius 3 is 2.58 bits per heavy atom. The van der Waals surface area contributed by atoms with Crippen LogP contribution in [0.5, 0.6) is 11.5 Å². The number of amides is 1. The number of non-ortho nitro benzene ring substituents is 1. The predicted octanol–water partition coefficient (Wildman–Crippen LogP) is 4.56. The molecule has 0 bridgehead atoms. The molecule has 0 N–H and O–H groups in total. The summed E-state index contributed by atoms with van der Waals surface area (Å²) in [5, 5.41) is 10.9. The summed E-state index contributed by atoms with van der Waals surface area (Å²) in [5.41, 5.74) is 1.05. The molecular weight excluding hydrogens is 583 g/mol. The van der Waals surface area contributed by atoms with Crippen LogP contribution < -0.4 is 14.4 Å². The van der Waals surface area contributed by atoms with Crippen molar-refractivity contribution in [1.82, 2.24) is 0 Å². The molecule has 0 saturated carbocycles. The Morgan fingerprint density at radius 2 is 1.97 bits per heavy atom. The van der Waals surface area contributed by atoms with Crippen LogP contribution in [0.25, 0.3) is 6.08 Å². The molecule has 1 saturated heterocycles. The molecular formula is C21H17IN2O7S2. The van der Waals surface area contributed by atoms with Crippen LogP contribution in [0.3, 0.4) is 0 Å². The quantitative estimate of drug-likeness (QED) is 0.108. The minimum Gasteiger partial charge on any atom is -0.490 e. The maximum Gasteiger partial charge on any atom is 0.343 e. The van der Waals surface area contributed by atoms with Gasteiger partial charge >= 0.3 is 5.97 Å². The minimum absolute atomic E-state index is 0.0766. The molecule has 2 aromatic rings. The topological polar surface area (TPSA) is 108 Å². The molecule has 1 heterocycles. The van der Waals surface area contributed by atoms with Crippen molar-refractivity contribution < 1.29 is 28.7 Å². The van der Waals surface area contributed by atoms with Crippen molar-refractivity contribution in [2.24, 2.45) is 0 Å². The SMILES string of the molecule is CCOc1cc(/C=C2\SC(=S)N(c3ccc([N+](=O)[O-])cc3)C2=O)cc(I)c1OCC(=O)OC. The maximum absolute atomic E-state index is 13.0. The van der Waals surface area contributed by atoms with Crippen LogP contribution in [0.4, 0.5) is 11.4 Å². The molecule has 0 spiro atoms. The number of esters is 1. The number of benzene rings is 2. The monoisotopic (exact) mass is 600 g/mol. The van der Waals surface area contributed by atoms with Crippen LogP contribution in [-0.2, 0) is 14.3 Å². The van der Waals surface area contributed by atoms with Crippen LogP contribution in [0.15, 0.2) is 41.3 Å². The first-order valence-electron chi connectivity index (χ1n) is 9.43. The zero-order valence-corrected chi connectivity index (χ0v) is 21.2. The molecule has 0 aliphatic carbocycles. The smallest absolute Gasteiger partial charge is 0.343 e. The summed E-state index contributed by atoms with van der Waals surface area (Å²) in [5.74, 6) is -0.0334. The number of ether oxygens (including phenoxy) is 3. The maximum atomic E-state index is 13.0. The van der Waals surface area contributed by atoms with Crippen LogP contribution in [0.1, 0.15) is 12.5 Å². The standard InChI is InChI=1S/C21H17IN2O7S2/c1-3-30-16-9-12(8-15(22)19(16)31-11-18(25)29-2)10-17-20(26)23(21(32)33-17)13-4-6-14(7-5-13)24(27)28/h4-10H,3,11H2,1-2H3/b17-10-. The van der Waals surface area contributed by atoms with Gasteiger partial charge in [-0.15, -0.1) is 0 Å². The van der Waals surface area contributed by atoms with E-state index in [1.165, 1.54) is 36.3 Å². The molecule has 0 unspecified atom stereocenters. The predicted molar refractivity (Wildman–Crippen MR) is 137 cm³/mol. The van der Waals surface area contributed by atoms with E-state index < -0.39 is 10.9 Å². The van der Waals surface area contributed by atoms with Gasteiger partial charge in [0.1, 0.15) is 0 Å². The number of rotatable bonds is 8.